The third-order valence-corrected chi connectivity index (χ3v) is 3.82. The van der Waals surface area contributed by atoms with Crippen molar-refractivity contribution in [3.05, 3.63) is 29.3 Å². The Balaban J connectivity index is 1.80. The second-order valence-corrected chi connectivity index (χ2v) is 6.29. The maximum Gasteiger partial charge on any atom is 0.233 e. The number of hydrogen-bond acceptors (Lipinski definition) is 3. The molecule has 4 heteroatoms. The Labute approximate surface area is 127 Å². The summed E-state index contributed by atoms with van der Waals surface area (Å²) in [6, 6.07) is 6.62. The van der Waals surface area contributed by atoms with Gasteiger partial charge in [-0.1, -0.05) is 26.0 Å². The van der Waals surface area contributed by atoms with Gasteiger partial charge in [-0.3, -0.25) is 4.79 Å². The zero-order valence-electron chi connectivity index (χ0n) is 13.4. The number of aryl methyl sites for hydroxylation is 1. The minimum absolute atomic E-state index is 0.0707. The van der Waals surface area contributed by atoms with Gasteiger partial charge < -0.3 is 15.5 Å². The van der Waals surface area contributed by atoms with E-state index >= 15 is 0 Å². The summed E-state index contributed by atoms with van der Waals surface area (Å²) in [5.41, 5.74) is 4.02. The molecule has 116 valence electrons. The molecule has 1 amide bonds. The van der Waals surface area contributed by atoms with Crippen molar-refractivity contribution in [2.45, 2.75) is 33.2 Å². The van der Waals surface area contributed by atoms with Gasteiger partial charge in [0.05, 0.1) is 6.54 Å². The van der Waals surface area contributed by atoms with Gasteiger partial charge in [0, 0.05) is 32.4 Å². The predicted octanol–water partition coefficient (Wildman–Crippen LogP) is 1.93. The van der Waals surface area contributed by atoms with Gasteiger partial charge in [0.1, 0.15) is 0 Å². The first kappa shape index (κ1) is 15.8. The van der Waals surface area contributed by atoms with Gasteiger partial charge in [-0.05, 0) is 36.0 Å². The van der Waals surface area contributed by atoms with Crippen LogP contribution in [0.1, 0.15) is 31.4 Å². The number of amides is 1. The standard InChI is InChI=1S/C17H27N3O/c1-13(2)10-19-17(21)12-18-11-14-6-7-16-15(9-14)5-4-8-20(16)3/h6-7,9,13,18H,4-5,8,10-12H2,1-3H3,(H,19,21). The summed E-state index contributed by atoms with van der Waals surface area (Å²) in [7, 11) is 2.15. The number of carbonyl (C=O) groups is 1. The van der Waals surface area contributed by atoms with E-state index in [0.717, 1.165) is 26.1 Å². The summed E-state index contributed by atoms with van der Waals surface area (Å²) in [5, 5.41) is 6.13. The Hall–Kier alpha value is -1.55. The minimum atomic E-state index is 0.0707. The van der Waals surface area contributed by atoms with Crippen molar-refractivity contribution in [3.8, 4) is 0 Å². The predicted molar refractivity (Wildman–Crippen MR) is 87.6 cm³/mol. The number of rotatable bonds is 6. The van der Waals surface area contributed by atoms with Crippen LogP contribution in [0.2, 0.25) is 0 Å². The zero-order valence-corrected chi connectivity index (χ0v) is 13.4. The average Bonchev–Trinajstić information content (AvgIpc) is 2.45. The second kappa shape index (κ2) is 7.46. The Bertz CT molecular complexity index is 485. The Kier molecular flexibility index (Phi) is 5.62. The van der Waals surface area contributed by atoms with Gasteiger partial charge in [0.25, 0.3) is 0 Å². The van der Waals surface area contributed by atoms with E-state index in [-0.39, 0.29) is 5.91 Å². The van der Waals surface area contributed by atoms with Crippen molar-refractivity contribution >= 4 is 11.6 Å². The third-order valence-electron chi connectivity index (χ3n) is 3.82. The molecule has 0 unspecified atom stereocenters. The molecular weight excluding hydrogens is 262 g/mol. The molecule has 0 bridgehead atoms. The van der Waals surface area contributed by atoms with Gasteiger partial charge in [-0.15, -0.1) is 0 Å². The Morgan fingerprint density at radius 2 is 2.19 bits per heavy atom. The molecular formula is C17H27N3O. The van der Waals surface area contributed by atoms with Crippen LogP contribution in [-0.2, 0) is 17.8 Å². The minimum Gasteiger partial charge on any atom is -0.374 e. The van der Waals surface area contributed by atoms with Crippen LogP contribution in [0.15, 0.2) is 18.2 Å². The number of nitrogens with one attached hydrogen (secondary N) is 2. The molecule has 0 aliphatic carbocycles. The van der Waals surface area contributed by atoms with Crippen molar-refractivity contribution in [3.63, 3.8) is 0 Å². The molecule has 1 aromatic carbocycles. The lowest BCUT2D eigenvalue weighted by Gasteiger charge is -2.27. The summed E-state index contributed by atoms with van der Waals surface area (Å²) < 4.78 is 0. The molecule has 0 fully saturated rings. The molecule has 0 spiro atoms. The average molecular weight is 289 g/mol. The molecule has 1 aromatic rings. The van der Waals surface area contributed by atoms with Crippen LogP contribution in [0.25, 0.3) is 0 Å². The van der Waals surface area contributed by atoms with E-state index < -0.39 is 0 Å². The Morgan fingerprint density at radius 1 is 1.38 bits per heavy atom. The molecule has 0 atom stereocenters. The maximum atomic E-state index is 11.6. The van der Waals surface area contributed by atoms with Crippen LogP contribution in [0.3, 0.4) is 0 Å². The topological polar surface area (TPSA) is 44.4 Å². The van der Waals surface area contributed by atoms with E-state index in [4.69, 9.17) is 0 Å². The fourth-order valence-corrected chi connectivity index (χ4v) is 2.65. The molecule has 0 saturated carbocycles. The summed E-state index contributed by atoms with van der Waals surface area (Å²) in [6.45, 7) is 7.19. The van der Waals surface area contributed by atoms with E-state index in [2.05, 4.69) is 54.6 Å². The van der Waals surface area contributed by atoms with Gasteiger partial charge in [0.15, 0.2) is 0 Å². The molecule has 0 saturated heterocycles. The molecule has 4 nitrogen and oxygen atoms in total. The van der Waals surface area contributed by atoms with Crippen molar-refractivity contribution in [2.75, 3.05) is 31.6 Å². The van der Waals surface area contributed by atoms with Gasteiger partial charge in [-0.25, -0.2) is 0 Å². The van der Waals surface area contributed by atoms with Crippen LogP contribution < -0.4 is 15.5 Å². The van der Waals surface area contributed by atoms with Gasteiger partial charge >= 0.3 is 0 Å². The van der Waals surface area contributed by atoms with Crippen molar-refractivity contribution in [1.29, 1.82) is 0 Å². The van der Waals surface area contributed by atoms with Gasteiger partial charge in [0.2, 0.25) is 5.91 Å². The van der Waals surface area contributed by atoms with Crippen LogP contribution in [0.4, 0.5) is 5.69 Å². The highest BCUT2D eigenvalue weighted by Crippen LogP contribution is 2.26. The van der Waals surface area contributed by atoms with E-state index in [9.17, 15) is 4.79 Å². The molecule has 21 heavy (non-hydrogen) atoms. The van der Waals surface area contributed by atoms with Crippen molar-refractivity contribution < 1.29 is 4.79 Å². The molecule has 0 radical (unpaired) electrons. The third kappa shape index (κ3) is 4.74. The monoisotopic (exact) mass is 289 g/mol. The quantitative estimate of drug-likeness (QED) is 0.841. The summed E-state index contributed by atoms with van der Waals surface area (Å²) in [5.74, 6) is 0.563. The van der Waals surface area contributed by atoms with E-state index in [0.29, 0.717) is 12.5 Å². The number of carbonyl (C=O) groups excluding carboxylic acids is 1. The number of fused-ring (bicyclic) bond motifs is 1. The molecule has 0 aromatic heterocycles. The molecule has 1 aliphatic heterocycles. The maximum absolute atomic E-state index is 11.6. The smallest absolute Gasteiger partial charge is 0.233 e. The normalized spacial score (nSPS) is 14.2. The highest BCUT2D eigenvalue weighted by Gasteiger charge is 2.13. The lowest BCUT2D eigenvalue weighted by Crippen LogP contribution is -2.35. The fraction of sp³-hybridized carbons (Fsp3) is 0.588. The number of hydrogen-bond donors (Lipinski definition) is 2. The first-order valence-electron chi connectivity index (χ1n) is 7.86. The summed E-state index contributed by atoms with van der Waals surface area (Å²) in [6.07, 6.45) is 2.38. The zero-order chi connectivity index (χ0) is 15.2. The summed E-state index contributed by atoms with van der Waals surface area (Å²) in [4.78, 5) is 13.9. The number of nitrogens with zero attached hydrogens (tertiary/aromatic N) is 1. The van der Waals surface area contributed by atoms with Crippen LogP contribution in [0.5, 0.6) is 0 Å². The molecule has 1 heterocycles. The SMILES string of the molecule is CC(C)CNC(=O)CNCc1ccc2c(c1)CCCN2C. The first-order chi connectivity index (χ1) is 10.1. The highest BCUT2D eigenvalue weighted by molar-refractivity contribution is 5.77. The molecule has 2 N–H and O–H groups in total. The fourth-order valence-electron chi connectivity index (χ4n) is 2.65. The molecule has 1 aliphatic rings. The van der Waals surface area contributed by atoms with E-state index in [1.165, 1.54) is 23.2 Å². The number of anilines is 1. The number of benzene rings is 1. The van der Waals surface area contributed by atoms with Crippen LogP contribution >= 0.6 is 0 Å². The van der Waals surface area contributed by atoms with Crippen LogP contribution in [0, 0.1) is 5.92 Å². The second-order valence-electron chi connectivity index (χ2n) is 6.29. The summed E-state index contributed by atoms with van der Waals surface area (Å²) >= 11 is 0. The Morgan fingerprint density at radius 3 is 2.95 bits per heavy atom. The van der Waals surface area contributed by atoms with Gasteiger partial charge in [-0.2, -0.15) is 0 Å². The molecule has 2 rings (SSSR count). The van der Waals surface area contributed by atoms with Crippen molar-refractivity contribution in [2.24, 2.45) is 5.92 Å². The highest BCUT2D eigenvalue weighted by atomic mass is 16.1. The van der Waals surface area contributed by atoms with E-state index in [1.807, 2.05) is 0 Å². The lowest BCUT2D eigenvalue weighted by atomic mass is 9.99. The van der Waals surface area contributed by atoms with Crippen molar-refractivity contribution in [1.82, 2.24) is 10.6 Å². The lowest BCUT2D eigenvalue weighted by molar-refractivity contribution is -0.120. The van der Waals surface area contributed by atoms with Crippen LogP contribution in [-0.4, -0.2) is 32.6 Å². The van der Waals surface area contributed by atoms with E-state index in [1.54, 1.807) is 0 Å². The largest absolute Gasteiger partial charge is 0.374 e. The first-order valence-corrected chi connectivity index (χ1v) is 7.86.